The van der Waals surface area contributed by atoms with Crippen molar-refractivity contribution in [3.8, 4) is 5.75 Å². The van der Waals surface area contributed by atoms with E-state index >= 15 is 0 Å². The molecule has 0 bridgehead atoms. The van der Waals surface area contributed by atoms with Crippen molar-refractivity contribution in [2.45, 2.75) is 18.4 Å². The zero-order valence-electron chi connectivity index (χ0n) is 8.90. The van der Waals surface area contributed by atoms with E-state index in [1.807, 2.05) is 12.3 Å². The second kappa shape index (κ2) is 4.16. The van der Waals surface area contributed by atoms with Crippen molar-refractivity contribution in [1.29, 1.82) is 0 Å². The van der Waals surface area contributed by atoms with Crippen LogP contribution in [0.15, 0.2) is 18.5 Å². The molecule has 0 saturated carbocycles. The van der Waals surface area contributed by atoms with Crippen molar-refractivity contribution in [1.82, 2.24) is 4.98 Å². The van der Waals surface area contributed by atoms with Crippen LogP contribution < -0.4 is 10.5 Å². The molecule has 0 unspecified atom stereocenters. The molecule has 0 radical (unpaired) electrons. The topological polar surface area (TPSA) is 57.4 Å². The van der Waals surface area contributed by atoms with Crippen LogP contribution in [0, 0.1) is 0 Å². The summed E-state index contributed by atoms with van der Waals surface area (Å²) in [5.41, 5.74) is 7.06. The standard InChI is InChI=1S/C11H16N2O2/c1-14-10-6-9(7-13-8-10)11(12)2-4-15-5-3-11/h6-8H,2-5,12H2,1H3. The zero-order chi connectivity index (χ0) is 10.7. The number of pyridine rings is 1. The molecule has 2 heterocycles. The summed E-state index contributed by atoms with van der Waals surface area (Å²) in [6, 6.07) is 1.96. The number of hydrogen-bond donors (Lipinski definition) is 1. The maximum absolute atomic E-state index is 6.33. The van der Waals surface area contributed by atoms with Gasteiger partial charge in [-0.05, 0) is 24.5 Å². The molecule has 1 aliphatic rings. The lowest BCUT2D eigenvalue weighted by molar-refractivity contribution is 0.0520. The Balaban J connectivity index is 2.26. The predicted octanol–water partition coefficient (Wildman–Crippen LogP) is 1.05. The predicted molar refractivity (Wildman–Crippen MR) is 56.7 cm³/mol. The lowest BCUT2D eigenvalue weighted by Gasteiger charge is -2.33. The highest BCUT2D eigenvalue weighted by Crippen LogP contribution is 2.30. The molecule has 15 heavy (non-hydrogen) atoms. The van der Waals surface area contributed by atoms with E-state index < -0.39 is 0 Å². The van der Waals surface area contributed by atoms with Crippen molar-refractivity contribution < 1.29 is 9.47 Å². The summed E-state index contributed by atoms with van der Waals surface area (Å²) in [6.45, 7) is 1.43. The second-order valence-electron chi connectivity index (χ2n) is 3.88. The van der Waals surface area contributed by atoms with Crippen molar-refractivity contribution in [2.75, 3.05) is 20.3 Å². The third-order valence-electron chi connectivity index (χ3n) is 2.91. The summed E-state index contributed by atoms with van der Waals surface area (Å²) in [4.78, 5) is 4.13. The maximum atomic E-state index is 6.33. The molecule has 4 heteroatoms. The molecule has 2 N–H and O–H groups in total. The van der Waals surface area contributed by atoms with Crippen LogP contribution in [0.2, 0.25) is 0 Å². The summed E-state index contributed by atoms with van der Waals surface area (Å²) in [6.07, 6.45) is 5.17. The maximum Gasteiger partial charge on any atom is 0.137 e. The van der Waals surface area contributed by atoms with E-state index in [4.69, 9.17) is 15.2 Å². The van der Waals surface area contributed by atoms with E-state index in [0.29, 0.717) is 13.2 Å². The average molecular weight is 208 g/mol. The number of nitrogens with two attached hydrogens (primary N) is 1. The summed E-state index contributed by atoms with van der Waals surface area (Å²) >= 11 is 0. The molecular weight excluding hydrogens is 192 g/mol. The molecule has 0 atom stereocenters. The van der Waals surface area contributed by atoms with Crippen LogP contribution in [0.1, 0.15) is 18.4 Å². The Bertz CT molecular complexity index is 335. The molecular formula is C11H16N2O2. The number of hydrogen-bond acceptors (Lipinski definition) is 4. The Kier molecular flexibility index (Phi) is 2.88. The largest absolute Gasteiger partial charge is 0.495 e. The van der Waals surface area contributed by atoms with Gasteiger partial charge in [0.05, 0.1) is 13.3 Å². The molecule has 0 aliphatic carbocycles. The van der Waals surface area contributed by atoms with Gasteiger partial charge in [0.15, 0.2) is 0 Å². The van der Waals surface area contributed by atoms with Crippen molar-refractivity contribution in [3.05, 3.63) is 24.0 Å². The van der Waals surface area contributed by atoms with Gasteiger partial charge in [0.2, 0.25) is 0 Å². The minimum absolute atomic E-state index is 0.306. The molecule has 1 saturated heterocycles. The van der Waals surface area contributed by atoms with Crippen LogP contribution in [0.25, 0.3) is 0 Å². The summed E-state index contributed by atoms with van der Waals surface area (Å²) < 4.78 is 10.5. The minimum Gasteiger partial charge on any atom is -0.495 e. The van der Waals surface area contributed by atoms with Crippen LogP contribution in [-0.2, 0) is 10.3 Å². The average Bonchev–Trinajstić information content (AvgIpc) is 2.30. The third-order valence-corrected chi connectivity index (χ3v) is 2.91. The van der Waals surface area contributed by atoms with Crippen LogP contribution in [0.3, 0.4) is 0 Å². The van der Waals surface area contributed by atoms with Crippen LogP contribution >= 0.6 is 0 Å². The lowest BCUT2D eigenvalue weighted by Crippen LogP contribution is -2.42. The fourth-order valence-corrected chi connectivity index (χ4v) is 1.83. The first kappa shape index (κ1) is 10.4. The molecule has 1 aromatic heterocycles. The number of rotatable bonds is 2. The van der Waals surface area contributed by atoms with E-state index in [1.165, 1.54) is 0 Å². The first-order valence-electron chi connectivity index (χ1n) is 5.11. The van der Waals surface area contributed by atoms with Gasteiger partial charge in [0.25, 0.3) is 0 Å². The first-order chi connectivity index (χ1) is 7.24. The molecule has 1 aromatic rings. The molecule has 4 nitrogen and oxygen atoms in total. The van der Waals surface area contributed by atoms with Crippen molar-refractivity contribution >= 4 is 0 Å². The Hall–Kier alpha value is -1.13. The Labute approximate surface area is 89.4 Å². The van der Waals surface area contributed by atoms with Crippen LogP contribution in [0.5, 0.6) is 5.75 Å². The molecule has 2 rings (SSSR count). The van der Waals surface area contributed by atoms with Crippen molar-refractivity contribution in [3.63, 3.8) is 0 Å². The van der Waals surface area contributed by atoms with E-state index in [2.05, 4.69) is 4.98 Å². The van der Waals surface area contributed by atoms with E-state index in [0.717, 1.165) is 24.2 Å². The third kappa shape index (κ3) is 2.11. The number of nitrogens with zero attached hydrogens (tertiary/aromatic N) is 1. The van der Waals surface area contributed by atoms with Gasteiger partial charge in [-0.2, -0.15) is 0 Å². The van der Waals surface area contributed by atoms with E-state index in [1.54, 1.807) is 13.3 Å². The van der Waals surface area contributed by atoms with Gasteiger partial charge in [-0.15, -0.1) is 0 Å². The molecule has 0 amide bonds. The molecule has 0 aromatic carbocycles. The fourth-order valence-electron chi connectivity index (χ4n) is 1.83. The van der Waals surface area contributed by atoms with E-state index in [9.17, 15) is 0 Å². The minimum atomic E-state index is -0.306. The Morgan fingerprint density at radius 2 is 2.13 bits per heavy atom. The van der Waals surface area contributed by atoms with Crippen LogP contribution in [-0.4, -0.2) is 25.3 Å². The van der Waals surface area contributed by atoms with Crippen LogP contribution in [0.4, 0.5) is 0 Å². The smallest absolute Gasteiger partial charge is 0.137 e. The molecule has 82 valence electrons. The van der Waals surface area contributed by atoms with Crippen molar-refractivity contribution in [2.24, 2.45) is 5.73 Å². The van der Waals surface area contributed by atoms with E-state index in [-0.39, 0.29) is 5.54 Å². The highest BCUT2D eigenvalue weighted by molar-refractivity contribution is 5.29. The second-order valence-corrected chi connectivity index (χ2v) is 3.88. The summed E-state index contributed by atoms with van der Waals surface area (Å²) in [5.74, 6) is 0.754. The van der Waals surface area contributed by atoms with Gasteiger partial charge in [0, 0.05) is 24.9 Å². The summed E-state index contributed by atoms with van der Waals surface area (Å²) in [7, 11) is 1.63. The zero-order valence-corrected chi connectivity index (χ0v) is 8.90. The van der Waals surface area contributed by atoms with Gasteiger partial charge >= 0.3 is 0 Å². The fraction of sp³-hybridized carbons (Fsp3) is 0.545. The first-order valence-corrected chi connectivity index (χ1v) is 5.11. The van der Waals surface area contributed by atoms with Gasteiger partial charge in [0.1, 0.15) is 5.75 Å². The Morgan fingerprint density at radius 1 is 1.40 bits per heavy atom. The lowest BCUT2D eigenvalue weighted by atomic mass is 9.85. The molecule has 1 fully saturated rings. The SMILES string of the molecule is COc1cncc(C2(N)CCOCC2)c1. The molecule has 0 spiro atoms. The normalized spacial score (nSPS) is 19.9. The van der Waals surface area contributed by atoms with Gasteiger partial charge in [-0.25, -0.2) is 0 Å². The van der Waals surface area contributed by atoms with Gasteiger partial charge in [-0.3, -0.25) is 4.98 Å². The Morgan fingerprint density at radius 3 is 2.80 bits per heavy atom. The highest BCUT2D eigenvalue weighted by Gasteiger charge is 2.30. The van der Waals surface area contributed by atoms with Gasteiger partial charge < -0.3 is 15.2 Å². The molecule has 1 aliphatic heterocycles. The van der Waals surface area contributed by atoms with Gasteiger partial charge in [-0.1, -0.05) is 0 Å². The number of aromatic nitrogens is 1. The quantitative estimate of drug-likeness (QED) is 0.789. The monoisotopic (exact) mass is 208 g/mol. The number of methoxy groups -OCH3 is 1. The summed E-state index contributed by atoms with van der Waals surface area (Å²) in [5, 5.41) is 0. The highest BCUT2D eigenvalue weighted by atomic mass is 16.5. The number of ether oxygens (including phenoxy) is 2.